The van der Waals surface area contributed by atoms with E-state index in [1.165, 1.54) is 10.8 Å². The number of pyridine rings is 1. The Labute approximate surface area is 107 Å². The molecule has 1 aliphatic rings. The quantitative estimate of drug-likeness (QED) is 0.898. The summed E-state index contributed by atoms with van der Waals surface area (Å²) in [6.07, 6.45) is 3.35. The second-order valence-electron chi connectivity index (χ2n) is 4.89. The number of benzene rings is 1. The lowest BCUT2D eigenvalue weighted by Crippen LogP contribution is -2.21. The highest BCUT2D eigenvalue weighted by Crippen LogP contribution is 2.24. The van der Waals surface area contributed by atoms with Gasteiger partial charge in [-0.1, -0.05) is 24.3 Å². The second-order valence-corrected chi connectivity index (χ2v) is 4.89. The molecule has 2 heterocycles. The monoisotopic (exact) mass is 242 g/mol. The Morgan fingerprint density at radius 3 is 3.06 bits per heavy atom. The van der Waals surface area contributed by atoms with Crippen molar-refractivity contribution in [2.24, 2.45) is 5.92 Å². The molecule has 3 rings (SSSR count). The van der Waals surface area contributed by atoms with Gasteiger partial charge in [0.15, 0.2) is 0 Å². The molecule has 18 heavy (non-hydrogen) atoms. The van der Waals surface area contributed by atoms with Crippen LogP contribution in [-0.2, 0) is 4.74 Å². The number of nitrogens with one attached hydrogen (secondary N) is 1. The number of fused-ring (bicyclic) bond motifs is 1. The van der Waals surface area contributed by atoms with E-state index in [2.05, 4.69) is 41.5 Å². The van der Waals surface area contributed by atoms with Crippen LogP contribution in [0.5, 0.6) is 0 Å². The SMILES string of the molecule is CC1OCCC1CNc1nccc2ccccc12. The maximum absolute atomic E-state index is 5.58. The molecule has 2 unspecified atom stereocenters. The molecular formula is C15H18N2O. The Hall–Kier alpha value is -1.61. The zero-order chi connectivity index (χ0) is 12.4. The van der Waals surface area contributed by atoms with Gasteiger partial charge in [0, 0.05) is 30.7 Å². The van der Waals surface area contributed by atoms with Gasteiger partial charge < -0.3 is 10.1 Å². The minimum atomic E-state index is 0.354. The number of nitrogens with zero attached hydrogens (tertiary/aromatic N) is 1. The molecule has 0 radical (unpaired) electrons. The maximum atomic E-state index is 5.58. The van der Waals surface area contributed by atoms with Crippen LogP contribution in [0.3, 0.4) is 0 Å². The molecule has 3 heteroatoms. The normalized spacial score (nSPS) is 23.4. The second kappa shape index (κ2) is 4.94. The predicted molar refractivity (Wildman–Crippen MR) is 73.8 cm³/mol. The molecule has 1 fully saturated rings. The predicted octanol–water partition coefficient (Wildman–Crippen LogP) is 3.07. The zero-order valence-electron chi connectivity index (χ0n) is 10.6. The van der Waals surface area contributed by atoms with Gasteiger partial charge in [-0.15, -0.1) is 0 Å². The first-order valence-corrected chi connectivity index (χ1v) is 6.54. The Balaban J connectivity index is 1.78. The van der Waals surface area contributed by atoms with E-state index in [0.29, 0.717) is 12.0 Å². The fraction of sp³-hybridized carbons (Fsp3) is 0.400. The van der Waals surface area contributed by atoms with Crippen molar-refractivity contribution in [1.82, 2.24) is 4.98 Å². The van der Waals surface area contributed by atoms with Crippen LogP contribution >= 0.6 is 0 Å². The Bertz CT molecular complexity index is 536. The third-order valence-electron chi connectivity index (χ3n) is 3.74. The van der Waals surface area contributed by atoms with Crippen LogP contribution in [0, 0.1) is 5.92 Å². The summed E-state index contributed by atoms with van der Waals surface area (Å²) in [6.45, 7) is 3.97. The van der Waals surface area contributed by atoms with Gasteiger partial charge in [0.05, 0.1) is 6.10 Å². The van der Waals surface area contributed by atoms with Crippen molar-refractivity contribution in [3.8, 4) is 0 Å². The first-order chi connectivity index (χ1) is 8.84. The van der Waals surface area contributed by atoms with Crippen LogP contribution in [0.1, 0.15) is 13.3 Å². The number of ether oxygens (including phenoxy) is 1. The zero-order valence-corrected chi connectivity index (χ0v) is 10.6. The fourth-order valence-corrected chi connectivity index (χ4v) is 2.53. The molecule has 2 atom stereocenters. The fourth-order valence-electron chi connectivity index (χ4n) is 2.53. The molecule has 0 aliphatic carbocycles. The molecule has 3 nitrogen and oxygen atoms in total. The van der Waals surface area contributed by atoms with E-state index in [0.717, 1.165) is 25.4 Å². The van der Waals surface area contributed by atoms with Gasteiger partial charge in [-0.25, -0.2) is 4.98 Å². The molecule has 0 spiro atoms. The molecule has 0 bridgehead atoms. The first-order valence-electron chi connectivity index (χ1n) is 6.54. The highest BCUT2D eigenvalue weighted by atomic mass is 16.5. The summed E-state index contributed by atoms with van der Waals surface area (Å²) in [4.78, 5) is 4.44. The van der Waals surface area contributed by atoms with Crippen LogP contribution in [-0.4, -0.2) is 24.2 Å². The highest BCUT2D eigenvalue weighted by Gasteiger charge is 2.23. The summed E-state index contributed by atoms with van der Waals surface area (Å²) >= 11 is 0. The third kappa shape index (κ3) is 2.18. The van der Waals surface area contributed by atoms with Crippen molar-refractivity contribution < 1.29 is 4.74 Å². The number of hydrogen-bond acceptors (Lipinski definition) is 3. The molecule has 1 saturated heterocycles. The lowest BCUT2D eigenvalue weighted by Gasteiger charge is -2.16. The Kier molecular flexibility index (Phi) is 3.15. The molecule has 1 aromatic carbocycles. The summed E-state index contributed by atoms with van der Waals surface area (Å²) in [6, 6.07) is 10.4. The van der Waals surface area contributed by atoms with Crippen LogP contribution in [0.15, 0.2) is 36.5 Å². The molecule has 0 amide bonds. The largest absolute Gasteiger partial charge is 0.378 e. The number of rotatable bonds is 3. The first kappa shape index (κ1) is 11.5. The van der Waals surface area contributed by atoms with Gasteiger partial charge in [0.1, 0.15) is 5.82 Å². The van der Waals surface area contributed by atoms with Gasteiger partial charge in [-0.05, 0) is 24.8 Å². The minimum absolute atomic E-state index is 0.354. The lowest BCUT2D eigenvalue weighted by molar-refractivity contribution is 0.108. The van der Waals surface area contributed by atoms with E-state index in [1.54, 1.807) is 0 Å². The molecule has 1 aliphatic heterocycles. The summed E-state index contributed by atoms with van der Waals surface area (Å²) in [5.74, 6) is 1.57. The van der Waals surface area contributed by atoms with E-state index < -0.39 is 0 Å². The third-order valence-corrected chi connectivity index (χ3v) is 3.74. The summed E-state index contributed by atoms with van der Waals surface area (Å²) in [5, 5.41) is 5.88. The Morgan fingerprint density at radius 2 is 2.22 bits per heavy atom. The van der Waals surface area contributed by atoms with Crippen LogP contribution in [0.4, 0.5) is 5.82 Å². The molecule has 0 saturated carbocycles. The lowest BCUT2D eigenvalue weighted by atomic mass is 10.0. The van der Waals surface area contributed by atoms with E-state index in [9.17, 15) is 0 Å². The van der Waals surface area contributed by atoms with E-state index in [1.807, 2.05) is 12.3 Å². The van der Waals surface area contributed by atoms with Gasteiger partial charge in [-0.3, -0.25) is 0 Å². The smallest absolute Gasteiger partial charge is 0.133 e. The maximum Gasteiger partial charge on any atom is 0.133 e. The summed E-state index contributed by atoms with van der Waals surface area (Å²) < 4.78 is 5.58. The standard InChI is InChI=1S/C15H18N2O/c1-11-13(7-9-18-11)10-17-15-14-5-3-2-4-12(14)6-8-16-15/h2-6,8,11,13H,7,9-10H2,1H3,(H,16,17). The molecule has 2 aromatic rings. The van der Waals surface area contributed by atoms with Crippen LogP contribution in [0.25, 0.3) is 10.8 Å². The van der Waals surface area contributed by atoms with E-state index >= 15 is 0 Å². The van der Waals surface area contributed by atoms with E-state index in [-0.39, 0.29) is 0 Å². The average Bonchev–Trinajstić information content (AvgIpc) is 2.82. The van der Waals surface area contributed by atoms with Crippen molar-refractivity contribution in [2.45, 2.75) is 19.4 Å². The molecule has 1 N–H and O–H groups in total. The van der Waals surface area contributed by atoms with Gasteiger partial charge in [-0.2, -0.15) is 0 Å². The minimum Gasteiger partial charge on any atom is -0.378 e. The topological polar surface area (TPSA) is 34.1 Å². The van der Waals surface area contributed by atoms with Crippen LogP contribution < -0.4 is 5.32 Å². The van der Waals surface area contributed by atoms with Gasteiger partial charge in [0.2, 0.25) is 0 Å². The summed E-state index contributed by atoms with van der Waals surface area (Å²) in [7, 11) is 0. The van der Waals surface area contributed by atoms with Gasteiger partial charge >= 0.3 is 0 Å². The van der Waals surface area contributed by atoms with Crippen molar-refractivity contribution >= 4 is 16.6 Å². The van der Waals surface area contributed by atoms with Crippen LogP contribution in [0.2, 0.25) is 0 Å². The number of hydrogen-bond donors (Lipinski definition) is 1. The van der Waals surface area contributed by atoms with Crippen molar-refractivity contribution in [3.63, 3.8) is 0 Å². The Morgan fingerprint density at radius 1 is 1.33 bits per heavy atom. The van der Waals surface area contributed by atoms with Gasteiger partial charge in [0.25, 0.3) is 0 Å². The van der Waals surface area contributed by atoms with Crippen molar-refractivity contribution in [2.75, 3.05) is 18.5 Å². The highest BCUT2D eigenvalue weighted by molar-refractivity contribution is 5.91. The molecule has 94 valence electrons. The number of anilines is 1. The van der Waals surface area contributed by atoms with E-state index in [4.69, 9.17) is 4.74 Å². The van der Waals surface area contributed by atoms with Crippen molar-refractivity contribution in [3.05, 3.63) is 36.5 Å². The molecular weight excluding hydrogens is 224 g/mol. The van der Waals surface area contributed by atoms with Crippen molar-refractivity contribution in [1.29, 1.82) is 0 Å². The summed E-state index contributed by atoms with van der Waals surface area (Å²) in [5.41, 5.74) is 0. The average molecular weight is 242 g/mol. The molecule has 1 aromatic heterocycles. The number of aromatic nitrogens is 1.